The number of hydrogen-bond acceptors (Lipinski definition) is 6. The topological polar surface area (TPSA) is 87.9 Å². The summed E-state index contributed by atoms with van der Waals surface area (Å²) in [4.78, 5) is 23.1. The van der Waals surface area contributed by atoms with Crippen LogP contribution in [0.15, 0.2) is 72.8 Å². The molecule has 0 aliphatic carbocycles. The molecule has 0 heterocycles. The summed E-state index contributed by atoms with van der Waals surface area (Å²) in [6, 6.07) is 18.4. The average Bonchev–Trinajstić information content (AvgIpc) is 2.81. The SMILES string of the molecule is COc1ccc(C(=O)/C=C/c2ccc(OC)c(COc3ccccc3[N+](=O)[O-])c2)cc1. The van der Waals surface area contributed by atoms with Gasteiger partial charge in [0.1, 0.15) is 18.1 Å². The van der Waals surface area contributed by atoms with E-state index in [1.165, 1.54) is 19.3 Å². The molecule has 0 radical (unpaired) electrons. The van der Waals surface area contributed by atoms with Crippen molar-refractivity contribution in [3.63, 3.8) is 0 Å². The van der Waals surface area contributed by atoms with Gasteiger partial charge in [-0.1, -0.05) is 24.3 Å². The van der Waals surface area contributed by atoms with Crippen LogP contribution >= 0.6 is 0 Å². The molecule has 3 aromatic rings. The number of para-hydroxylation sites is 2. The molecule has 31 heavy (non-hydrogen) atoms. The molecule has 0 aliphatic heterocycles. The van der Waals surface area contributed by atoms with Crippen LogP contribution in [-0.2, 0) is 6.61 Å². The molecule has 158 valence electrons. The molecule has 3 aromatic carbocycles. The van der Waals surface area contributed by atoms with Gasteiger partial charge in [0.15, 0.2) is 11.5 Å². The Morgan fingerprint density at radius 3 is 2.39 bits per heavy atom. The average molecular weight is 419 g/mol. The third kappa shape index (κ3) is 5.48. The number of carbonyl (C=O) groups is 1. The van der Waals surface area contributed by atoms with Crippen LogP contribution in [0.25, 0.3) is 6.08 Å². The highest BCUT2D eigenvalue weighted by molar-refractivity contribution is 6.06. The van der Waals surface area contributed by atoms with Crippen molar-refractivity contribution < 1.29 is 23.9 Å². The van der Waals surface area contributed by atoms with Gasteiger partial charge in [0.25, 0.3) is 0 Å². The van der Waals surface area contributed by atoms with Gasteiger partial charge < -0.3 is 14.2 Å². The van der Waals surface area contributed by atoms with Crippen LogP contribution in [0.3, 0.4) is 0 Å². The summed E-state index contributed by atoms with van der Waals surface area (Å²) >= 11 is 0. The van der Waals surface area contributed by atoms with Gasteiger partial charge in [-0.2, -0.15) is 0 Å². The van der Waals surface area contributed by atoms with Crippen molar-refractivity contribution in [2.45, 2.75) is 6.61 Å². The number of allylic oxidation sites excluding steroid dienone is 1. The van der Waals surface area contributed by atoms with E-state index < -0.39 is 4.92 Å². The monoisotopic (exact) mass is 419 g/mol. The molecular weight excluding hydrogens is 398 g/mol. The largest absolute Gasteiger partial charge is 0.497 e. The van der Waals surface area contributed by atoms with Gasteiger partial charge in [0, 0.05) is 17.2 Å². The van der Waals surface area contributed by atoms with Gasteiger partial charge in [0.05, 0.1) is 19.1 Å². The predicted molar refractivity (Wildman–Crippen MR) is 117 cm³/mol. The normalized spacial score (nSPS) is 10.6. The third-order valence-corrected chi connectivity index (χ3v) is 4.55. The first-order chi connectivity index (χ1) is 15.0. The zero-order chi connectivity index (χ0) is 22.2. The molecule has 0 spiro atoms. The fraction of sp³-hybridized carbons (Fsp3) is 0.125. The summed E-state index contributed by atoms with van der Waals surface area (Å²) < 4.78 is 16.1. The zero-order valence-electron chi connectivity index (χ0n) is 17.1. The Morgan fingerprint density at radius 1 is 0.968 bits per heavy atom. The first-order valence-electron chi connectivity index (χ1n) is 9.41. The van der Waals surface area contributed by atoms with Crippen molar-refractivity contribution in [3.8, 4) is 17.2 Å². The maximum atomic E-state index is 12.4. The van der Waals surface area contributed by atoms with E-state index in [2.05, 4.69) is 0 Å². The first-order valence-corrected chi connectivity index (χ1v) is 9.41. The smallest absolute Gasteiger partial charge is 0.310 e. The highest BCUT2D eigenvalue weighted by atomic mass is 16.6. The van der Waals surface area contributed by atoms with Gasteiger partial charge >= 0.3 is 5.69 Å². The molecule has 0 bridgehead atoms. The first kappa shape index (κ1) is 21.6. The van der Waals surface area contributed by atoms with E-state index in [0.717, 1.165) is 5.56 Å². The summed E-state index contributed by atoms with van der Waals surface area (Å²) in [6.07, 6.45) is 3.18. The molecule has 0 fully saturated rings. The lowest BCUT2D eigenvalue weighted by atomic mass is 10.1. The maximum absolute atomic E-state index is 12.4. The summed E-state index contributed by atoms with van der Waals surface area (Å²) in [6.45, 7) is 0.0716. The fourth-order valence-corrected chi connectivity index (χ4v) is 2.92. The van der Waals surface area contributed by atoms with Gasteiger partial charge in [-0.3, -0.25) is 14.9 Å². The second-order valence-electron chi connectivity index (χ2n) is 6.51. The van der Waals surface area contributed by atoms with Crippen molar-refractivity contribution in [1.29, 1.82) is 0 Å². The van der Waals surface area contributed by atoms with Crippen LogP contribution in [0.2, 0.25) is 0 Å². The quantitative estimate of drug-likeness (QED) is 0.208. The standard InChI is InChI=1S/C24H21NO6/c1-29-20-11-9-18(10-12-20)22(26)13-7-17-8-14-23(30-2)19(15-17)16-31-24-6-4-3-5-21(24)25(27)28/h3-15H,16H2,1-2H3/b13-7+. The lowest BCUT2D eigenvalue weighted by Crippen LogP contribution is -2.01. The van der Waals surface area contributed by atoms with Crippen molar-refractivity contribution in [1.82, 2.24) is 0 Å². The summed E-state index contributed by atoms with van der Waals surface area (Å²) in [7, 11) is 3.10. The van der Waals surface area contributed by atoms with E-state index >= 15 is 0 Å². The third-order valence-electron chi connectivity index (χ3n) is 4.55. The lowest BCUT2D eigenvalue weighted by Gasteiger charge is -2.11. The Labute approximate surface area is 179 Å². The van der Waals surface area contributed by atoms with Gasteiger partial charge in [-0.15, -0.1) is 0 Å². The van der Waals surface area contributed by atoms with Crippen molar-refractivity contribution in [2.75, 3.05) is 14.2 Å². The van der Waals surface area contributed by atoms with Crippen LogP contribution in [0, 0.1) is 10.1 Å². The number of rotatable bonds is 9. The van der Waals surface area contributed by atoms with E-state index in [4.69, 9.17) is 14.2 Å². The summed E-state index contributed by atoms with van der Waals surface area (Å²) in [5.41, 5.74) is 1.90. The zero-order valence-corrected chi connectivity index (χ0v) is 17.1. The Morgan fingerprint density at radius 2 is 1.71 bits per heavy atom. The highest BCUT2D eigenvalue weighted by Crippen LogP contribution is 2.28. The summed E-state index contributed by atoms with van der Waals surface area (Å²) in [5.74, 6) is 1.29. The number of nitro groups is 1. The molecule has 0 aliphatic rings. The molecule has 0 N–H and O–H groups in total. The molecule has 0 amide bonds. The molecule has 0 saturated heterocycles. The van der Waals surface area contributed by atoms with Crippen LogP contribution in [0.4, 0.5) is 5.69 Å². The molecule has 7 nitrogen and oxygen atoms in total. The van der Waals surface area contributed by atoms with Crippen LogP contribution in [-0.4, -0.2) is 24.9 Å². The Hall–Kier alpha value is -4.13. The lowest BCUT2D eigenvalue weighted by molar-refractivity contribution is -0.385. The van der Waals surface area contributed by atoms with Crippen molar-refractivity contribution in [3.05, 3.63) is 99.6 Å². The minimum Gasteiger partial charge on any atom is -0.497 e. The predicted octanol–water partition coefficient (Wildman–Crippen LogP) is 5.09. The summed E-state index contributed by atoms with van der Waals surface area (Å²) in [5, 5.41) is 11.2. The second kappa shape index (κ2) is 10.1. The number of carbonyl (C=O) groups excluding carboxylic acids is 1. The number of nitrogens with zero attached hydrogens (tertiary/aromatic N) is 1. The van der Waals surface area contributed by atoms with E-state index in [1.807, 2.05) is 12.1 Å². The molecular formula is C24H21NO6. The molecule has 0 saturated carbocycles. The van der Waals surface area contributed by atoms with E-state index in [9.17, 15) is 14.9 Å². The van der Waals surface area contributed by atoms with Crippen LogP contribution < -0.4 is 14.2 Å². The minimum atomic E-state index is -0.490. The van der Waals surface area contributed by atoms with Gasteiger partial charge in [-0.25, -0.2) is 0 Å². The molecule has 0 aromatic heterocycles. The van der Waals surface area contributed by atoms with Crippen molar-refractivity contribution >= 4 is 17.5 Å². The molecule has 3 rings (SSSR count). The van der Waals surface area contributed by atoms with E-state index in [1.54, 1.807) is 61.7 Å². The Bertz CT molecular complexity index is 1110. The number of methoxy groups -OCH3 is 2. The van der Waals surface area contributed by atoms with Crippen LogP contribution in [0.1, 0.15) is 21.5 Å². The Kier molecular flexibility index (Phi) is 7.01. The fourth-order valence-electron chi connectivity index (χ4n) is 2.92. The maximum Gasteiger partial charge on any atom is 0.310 e. The van der Waals surface area contributed by atoms with E-state index in [0.29, 0.717) is 22.6 Å². The second-order valence-corrected chi connectivity index (χ2v) is 6.51. The van der Waals surface area contributed by atoms with Gasteiger partial charge in [0.2, 0.25) is 0 Å². The molecule has 0 atom stereocenters. The van der Waals surface area contributed by atoms with Crippen LogP contribution in [0.5, 0.6) is 17.2 Å². The van der Waals surface area contributed by atoms with Gasteiger partial charge in [-0.05, 0) is 54.1 Å². The number of ether oxygens (including phenoxy) is 3. The molecule has 0 unspecified atom stereocenters. The number of ketones is 1. The Balaban J connectivity index is 1.76. The minimum absolute atomic E-state index is 0.0716. The highest BCUT2D eigenvalue weighted by Gasteiger charge is 2.14. The van der Waals surface area contributed by atoms with E-state index in [-0.39, 0.29) is 23.8 Å². The molecule has 7 heteroatoms. The number of benzene rings is 3. The van der Waals surface area contributed by atoms with Crippen molar-refractivity contribution in [2.24, 2.45) is 0 Å². The number of hydrogen-bond donors (Lipinski definition) is 0. The number of nitro benzene ring substituents is 1.